The summed E-state index contributed by atoms with van der Waals surface area (Å²) in [7, 11) is -2.59. The van der Waals surface area contributed by atoms with Crippen LogP contribution in [0, 0.1) is 5.41 Å². The van der Waals surface area contributed by atoms with Gasteiger partial charge >= 0.3 is 0 Å². The van der Waals surface area contributed by atoms with Gasteiger partial charge in [-0.25, -0.2) is 0 Å². The molecule has 0 spiro atoms. The molecule has 180 valence electrons. The molecule has 3 aromatic carbocycles. The lowest BCUT2D eigenvalue weighted by molar-refractivity contribution is -0.244. The number of benzene rings is 3. The molecule has 1 saturated heterocycles. The molecule has 3 nitrogen and oxygen atoms in total. The molecule has 4 rings (SSSR count). The monoisotopic (exact) mass is 474 g/mol. The van der Waals surface area contributed by atoms with E-state index in [2.05, 4.69) is 107 Å². The Kier molecular flexibility index (Phi) is 7.44. The predicted octanol–water partition coefficient (Wildman–Crippen LogP) is 6.09. The molecule has 3 aromatic rings. The summed E-state index contributed by atoms with van der Waals surface area (Å²) in [5.74, 6) is 0. The summed E-state index contributed by atoms with van der Waals surface area (Å²) >= 11 is 0. The molecule has 1 aliphatic rings. The molecular weight excluding hydrogens is 436 g/mol. The van der Waals surface area contributed by atoms with Gasteiger partial charge in [0.15, 0.2) is 6.29 Å². The minimum absolute atomic E-state index is 0.0460. The van der Waals surface area contributed by atoms with Crippen molar-refractivity contribution in [2.45, 2.75) is 58.5 Å². The first kappa shape index (κ1) is 24.9. The maximum atomic E-state index is 7.24. The van der Waals surface area contributed by atoms with Gasteiger partial charge in [0.2, 0.25) is 0 Å². The van der Waals surface area contributed by atoms with E-state index in [0.717, 1.165) is 12.0 Å². The third-order valence-electron chi connectivity index (χ3n) is 6.96. The number of rotatable bonds is 7. The second kappa shape index (κ2) is 10.2. The van der Waals surface area contributed by atoms with Gasteiger partial charge < -0.3 is 13.9 Å². The number of ether oxygens (including phenoxy) is 2. The molecule has 0 saturated carbocycles. The van der Waals surface area contributed by atoms with Crippen LogP contribution in [0.25, 0.3) is 0 Å². The highest BCUT2D eigenvalue weighted by Crippen LogP contribution is 2.40. The first-order valence-corrected chi connectivity index (χ1v) is 14.2. The van der Waals surface area contributed by atoms with Crippen LogP contribution in [0.1, 0.15) is 52.9 Å². The molecule has 1 fully saturated rings. The Labute approximate surface area is 206 Å². The Morgan fingerprint density at radius 1 is 0.765 bits per heavy atom. The van der Waals surface area contributed by atoms with Crippen molar-refractivity contribution in [1.82, 2.24) is 0 Å². The third-order valence-corrected chi connectivity index (χ3v) is 11.9. The van der Waals surface area contributed by atoms with Gasteiger partial charge in [-0.2, -0.15) is 0 Å². The van der Waals surface area contributed by atoms with Crippen LogP contribution in [0.4, 0.5) is 0 Å². The lowest BCUT2D eigenvalue weighted by Crippen LogP contribution is -2.67. The highest BCUT2D eigenvalue weighted by atomic mass is 28.4. The third kappa shape index (κ3) is 5.06. The SMILES string of the molecule is CC(C)(CO[Si](c1ccccc1)(c1ccccc1)C(C)(C)C)[C@@H]1CCO[C@H](c2ccccc2)O1. The zero-order valence-electron chi connectivity index (χ0n) is 21.2. The molecule has 0 unspecified atom stereocenters. The van der Waals surface area contributed by atoms with E-state index in [1.165, 1.54) is 10.4 Å². The molecule has 0 radical (unpaired) electrons. The van der Waals surface area contributed by atoms with Gasteiger partial charge in [-0.3, -0.25) is 0 Å². The van der Waals surface area contributed by atoms with Crippen LogP contribution in [-0.4, -0.2) is 27.6 Å². The highest BCUT2D eigenvalue weighted by molar-refractivity contribution is 6.99. The number of hydrogen-bond donors (Lipinski definition) is 0. The smallest absolute Gasteiger partial charge is 0.261 e. The van der Waals surface area contributed by atoms with E-state index in [9.17, 15) is 0 Å². The van der Waals surface area contributed by atoms with Crippen molar-refractivity contribution in [2.75, 3.05) is 13.2 Å². The molecule has 1 heterocycles. The fourth-order valence-electron chi connectivity index (χ4n) is 5.05. The molecule has 4 heteroatoms. The maximum Gasteiger partial charge on any atom is 0.261 e. The van der Waals surface area contributed by atoms with Gasteiger partial charge in [0.25, 0.3) is 8.32 Å². The zero-order chi connectivity index (χ0) is 24.2. The summed E-state index contributed by atoms with van der Waals surface area (Å²) in [5.41, 5.74) is 0.889. The zero-order valence-corrected chi connectivity index (χ0v) is 22.2. The van der Waals surface area contributed by atoms with Crippen molar-refractivity contribution < 1.29 is 13.9 Å². The Morgan fingerprint density at radius 2 is 1.26 bits per heavy atom. The summed E-state index contributed by atoms with van der Waals surface area (Å²) < 4.78 is 19.7. The van der Waals surface area contributed by atoms with Crippen LogP contribution in [0.15, 0.2) is 91.0 Å². The van der Waals surface area contributed by atoms with E-state index in [1.807, 2.05) is 18.2 Å². The van der Waals surface area contributed by atoms with Gasteiger partial charge in [-0.15, -0.1) is 0 Å². The summed E-state index contributed by atoms with van der Waals surface area (Å²) in [6, 6.07) is 31.9. The van der Waals surface area contributed by atoms with Gasteiger partial charge in [-0.1, -0.05) is 126 Å². The van der Waals surface area contributed by atoms with Crippen molar-refractivity contribution >= 4 is 18.7 Å². The molecule has 0 bridgehead atoms. The van der Waals surface area contributed by atoms with Gasteiger partial charge in [0.1, 0.15) is 0 Å². The average Bonchev–Trinajstić information content (AvgIpc) is 2.85. The Hall–Kier alpha value is -2.24. The average molecular weight is 475 g/mol. The Morgan fingerprint density at radius 3 is 1.76 bits per heavy atom. The second-order valence-corrected chi connectivity index (χ2v) is 15.3. The predicted molar refractivity (Wildman–Crippen MR) is 142 cm³/mol. The number of hydrogen-bond acceptors (Lipinski definition) is 3. The van der Waals surface area contributed by atoms with Crippen molar-refractivity contribution in [3.8, 4) is 0 Å². The first-order chi connectivity index (χ1) is 16.2. The van der Waals surface area contributed by atoms with E-state index in [4.69, 9.17) is 13.9 Å². The summed E-state index contributed by atoms with van der Waals surface area (Å²) in [5, 5.41) is 2.56. The fourth-order valence-corrected chi connectivity index (χ4v) is 9.79. The fraction of sp³-hybridized carbons (Fsp3) is 0.400. The Bertz CT molecular complexity index is 989. The van der Waals surface area contributed by atoms with Crippen molar-refractivity contribution in [3.05, 3.63) is 96.6 Å². The highest BCUT2D eigenvalue weighted by Gasteiger charge is 2.51. The van der Waals surface area contributed by atoms with Crippen LogP contribution in [0.3, 0.4) is 0 Å². The van der Waals surface area contributed by atoms with Crippen molar-refractivity contribution in [3.63, 3.8) is 0 Å². The lowest BCUT2D eigenvalue weighted by Gasteiger charge is -2.46. The topological polar surface area (TPSA) is 27.7 Å². The normalized spacial score (nSPS) is 19.7. The van der Waals surface area contributed by atoms with Crippen LogP contribution in [0.5, 0.6) is 0 Å². The van der Waals surface area contributed by atoms with E-state index in [1.54, 1.807) is 0 Å². The van der Waals surface area contributed by atoms with Gasteiger partial charge in [-0.05, 0) is 21.8 Å². The molecule has 1 aliphatic heterocycles. The lowest BCUT2D eigenvalue weighted by atomic mass is 9.85. The van der Waals surface area contributed by atoms with Crippen molar-refractivity contribution in [1.29, 1.82) is 0 Å². The van der Waals surface area contributed by atoms with E-state index >= 15 is 0 Å². The summed E-state index contributed by atoms with van der Waals surface area (Å²) in [6.45, 7) is 12.8. The summed E-state index contributed by atoms with van der Waals surface area (Å²) in [4.78, 5) is 0. The van der Waals surface area contributed by atoms with Gasteiger partial charge in [0.05, 0.1) is 12.7 Å². The molecule has 0 N–H and O–H groups in total. The first-order valence-electron chi connectivity index (χ1n) is 12.3. The molecule has 0 amide bonds. The minimum Gasteiger partial charge on any atom is -0.407 e. The molecule has 34 heavy (non-hydrogen) atoms. The molecular formula is C30H38O3Si. The summed E-state index contributed by atoms with van der Waals surface area (Å²) in [6.07, 6.45) is 0.581. The minimum atomic E-state index is -2.59. The van der Waals surface area contributed by atoms with Crippen LogP contribution < -0.4 is 10.4 Å². The molecule has 0 aromatic heterocycles. The molecule has 2 atom stereocenters. The standard InChI is InChI=1S/C30H38O3Si/c1-29(2,3)34(25-17-11-7-12-18-25,26-19-13-8-14-20-26)32-23-30(4,5)27-21-22-31-28(33-27)24-15-9-6-10-16-24/h6-20,27-28H,21-23H2,1-5H3/t27-,28-/m0/s1. The second-order valence-electron chi connectivity index (χ2n) is 11.0. The maximum absolute atomic E-state index is 7.24. The van der Waals surface area contributed by atoms with Gasteiger partial charge in [0, 0.05) is 17.6 Å². The van der Waals surface area contributed by atoms with Crippen LogP contribution in [-0.2, 0) is 13.9 Å². The largest absolute Gasteiger partial charge is 0.407 e. The van der Waals surface area contributed by atoms with Crippen LogP contribution >= 0.6 is 0 Å². The van der Waals surface area contributed by atoms with E-state index in [-0.39, 0.29) is 22.8 Å². The van der Waals surface area contributed by atoms with Crippen molar-refractivity contribution in [2.24, 2.45) is 5.41 Å². The van der Waals surface area contributed by atoms with E-state index < -0.39 is 8.32 Å². The van der Waals surface area contributed by atoms with E-state index in [0.29, 0.717) is 13.2 Å². The quantitative estimate of drug-likeness (QED) is 0.388. The molecule has 0 aliphatic carbocycles. The Balaban J connectivity index is 1.63. The van der Waals surface area contributed by atoms with Crippen LogP contribution in [0.2, 0.25) is 5.04 Å².